The molecule has 1 saturated carbocycles. The molecule has 1 unspecified atom stereocenters. The Morgan fingerprint density at radius 2 is 1.89 bits per heavy atom. The van der Waals surface area contributed by atoms with Gasteiger partial charge < -0.3 is 11.1 Å². The summed E-state index contributed by atoms with van der Waals surface area (Å²) in [5, 5.41) is 5.66. The molecule has 2 aliphatic heterocycles. The lowest BCUT2D eigenvalue weighted by Gasteiger charge is -2.42. The summed E-state index contributed by atoms with van der Waals surface area (Å²) < 4.78 is 0. The number of rotatable bonds is 5. The maximum Gasteiger partial charge on any atom is 0.262 e. The van der Waals surface area contributed by atoms with E-state index in [1.807, 2.05) is 6.07 Å². The molecule has 1 atom stereocenters. The van der Waals surface area contributed by atoms with Crippen molar-refractivity contribution in [3.05, 3.63) is 34.9 Å². The molecule has 0 spiro atoms. The summed E-state index contributed by atoms with van der Waals surface area (Å²) in [6, 6.07) is 4.21. The molecule has 8 heteroatoms. The van der Waals surface area contributed by atoms with E-state index in [1.165, 1.54) is 0 Å². The third kappa shape index (κ3) is 2.94. The lowest BCUT2D eigenvalue weighted by molar-refractivity contribution is -0.136. The first-order valence-corrected chi connectivity index (χ1v) is 9.24. The zero-order chi connectivity index (χ0) is 19.2. The molecule has 1 saturated heterocycles. The second-order valence-corrected chi connectivity index (χ2v) is 7.52. The molecule has 1 aromatic rings. The molecular formula is C19H22N4O4. The van der Waals surface area contributed by atoms with Gasteiger partial charge in [-0.05, 0) is 43.4 Å². The molecular weight excluding hydrogens is 348 g/mol. The van der Waals surface area contributed by atoms with Crippen LogP contribution in [0, 0.1) is 0 Å². The molecule has 8 nitrogen and oxygen atoms in total. The van der Waals surface area contributed by atoms with E-state index in [9.17, 15) is 19.2 Å². The number of imide groups is 2. The van der Waals surface area contributed by atoms with E-state index < -0.39 is 23.8 Å². The molecule has 3 aliphatic rings. The average molecular weight is 370 g/mol. The lowest BCUT2D eigenvalue weighted by atomic mass is 9.76. The first-order chi connectivity index (χ1) is 12.9. The number of hydrogen-bond acceptors (Lipinski definition) is 6. The molecule has 0 radical (unpaired) electrons. The Balaban J connectivity index is 1.53. The monoisotopic (exact) mass is 370 g/mol. The Morgan fingerprint density at radius 3 is 2.52 bits per heavy atom. The van der Waals surface area contributed by atoms with E-state index in [1.54, 1.807) is 12.1 Å². The summed E-state index contributed by atoms with van der Waals surface area (Å²) in [4.78, 5) is 49.9. The fourth-order valence-corrected chi connectivity index (χ4v) is 3.97. The van der Waals surface area contributed by atoms with Crippen LogP contribution in [0.2, 0.25) is 0 Å². The number of fused-ring (bicyclic) bond motifs is 1. The van der Waals surface area contributed by atoms with Crippen molar-refractivity contribution in [2.24, 2.45) is 5.73 Å². The van der Waals surface area contributed by atoms with E-state index in [0.29, 0.717) is 24.2 Å². The van der Waals surface area contributed by atoms with Gasteiger partial charge in [0.15, 0.2) is 0 Å². The Hall–Kier alpha value is -2.58. The number of benzene rings is 1. The Bertz CT molecular complexity index is 841. The predicted octanol–water partition coefficient (Wildman–Crippen LogP) is 0.0588. The van der Waals surface area contributed by atoms with Crippen molar-refractivity contribution in [1.82, 2.24) is 15.5 Å². The molecule has 4 amide bonds. The second kappa shape index (κ2) is 6.54. The van der Waals surface area contributed by atoms with Crippen LogP contribution < -0.4 is 16.4 Å². The van der Waals surface area contributed by atoms with Gasteiger partial charge in [0.1, 0.15) is 6.04 Å². The minimum absolute atomic E-state index is 0.0302. The molecule has 27 heavy (non-hydrogen) atoms. The number of carbonyl (C=O) groups is 4. The van der Waals surface area contributed by atoms with Crippen LogP contribution in [0.1, 0.15) is 58.4 Å². The van der Waals surface area contributed by atoms with Crippen molar-refractivity contribution in [2.75, 3.05) is 6.54 Å². The molecule has 142 valence electrons. The number of piperidine rings is 1. The molecule has 1 aromatic carbocycles. The molecule has 4 rings (SSSR count). The SMILES string of the molecule is NCC1(NCc2ccc3c(c2)C(=O)N(C2CCC(=O)NC2=O)C3=O)CCC1. The standard InChI is InChI=1S/C19H22N4O4/c20-10-19(6-1-7-19)21-9-11-2-3-12-13(8-11)18(27)23(17(12)26)14-4-5-15(24)22-16(14)25/h2-3,8,14,21H,1,4-7,9-10,20H2,(H,22,24,25). The van der Waals surface area contributed by atoms with Gasteiger partial charge >= 0.3 is 0 Å². The van der Waals surface area contributed by atoms with Crippen molar-refractivity contribution in [1.29, 1.82) is 0 Å². The Morgan fingerprint density at radius 1 is 1.15 bits per heavy atom. The number of nitrogens with two attached hydrogens (primary N) is 1. The fraction of sp³-hybridized carbons (Fsp3) is 0.474. The van der Waals surface area contributed by atoms with Gasteiger partial charge in [0, 0.05) is 25.0 Å². The van der Waals surface area contributed by atoms with Crippen LogP contribution in [-0.4, -0.2) is 46.7 Å². The van der Waals surface area contributed by atoms with Crippen LogP contribution in [0.25, 0.3) is 0 Å². The normalized spacial score (nSPS) is 23.9. The number of hydrogen-bond donors (Lipinski definition) is 3. The van der Waals surface area contributed by atoms with Gasteiger partial charge in [-0.1, -0.05) is 6.07 Å². The van der Waals surface area contributed by atoms with Gasteiger partial charge in [-0.25, -0.2) is 0 Å². The summed E-state index contributed by atoms with van der Waals surface area (Å²) in [5.41, 5.74) is 7.32. The average Bonchev–Trinajstić information content (AvgIpc) is 2.86. The van der Waals surface area contributed by atoms with Gasteiger partial charge in [0.05, 0.1) is 11.1 Å². The van der Waals surface area contributed by atoms with Crippen molar-refractivity contribution < 1.29 is 19.2 Å². The third-order valence-corrected chi connectivity index (χ3v) is 5.87. The Labute approximate surface area is 156 Å². The molecule has 0 bridgehead atoms. The van der Waals surface area contributed by atoms with Crippen molar-refractivity contribution >= 4 is 23.6 Å². The van der Waals surface area contributed by atoms with Gasteiger partial charge in [0.25, 0.3) is 11.8 Å². The highest BCUT2D eigenvalue weighted by Crippen LogP contribution is 2.32. The zero-order valence-corrected chi connectivity index (χ0v) is 14.9. The number of nitrogens with zero attached hydrogens (tertiary/aromatic N) is 1. The van der Waals surface area contributed by atoms with Crippen LogP contribution in [0.4, 0.5) is 0 Å². The first kappa shape index (κ1) is 17.8. The predicted molar refractivity (Wildman–Crippen MR) is 95.6 cm³/mol. The van der Waals surface area contributed by atoms with Crippen molar-refractivity contribution in [3.8, 4) is 0 Å². The van der Waals surface area contributed by atoms with E-state index in [0.717, 1.165) is 29.7 Å². The van der Waals surface area contributed by atoms with E-state index in [2.05, 4.69) is 10.6 Å². The summed E-state index contributed by atoms with van der Waals surface area (Å²) in [7, 11) is 0. The smallest absolute Gasteiger partial charge is 0.262 e. The highest BCUT2D eigenvalue weighted by atomic mass is 16.2. The largest absolute Gasteiger partial charge is 0.329 e. The molecule has 4 N–H and O–H groups in total. The van der Waals surface area contributed by atoms with Crippen LogP contribution in [0.5, 0.6) is 0 Å². The maximum absolute atomic E-state index is 12.8. The number of amides is 4. The quantitative estimate of drug-likeness (QED) is 0.630. The number of nitrogens with one attached hydrogen (secondary N) is 2. The molecule has 0 aromatic heterocycles. The summed E-state index contributed by atoms with van der Waals surface area (Å²) in [6.45, 7) is 1.13. The van der Waals surface area contributed by atoms with Gasteiger partial charge in [-0.3, -0.25) is 29.4 Å². The minimum Gasteiger partial charge on any atom is -0.329 e. The molecule has 1 aliphatic carbocycles. The van der Waals surface area contributed by atoms with Crippen LogP contribution in [0.3, 0.4) is 0 Å². The number of carbonyl (C=O) groups excluding carboxylic acids is 4. The molecule has 2 heterocycles. The van der Waals surface area contributed by atoms with Crippen molar-refractivity contribution in [2.45, 2.75) is 50.2 Å². The Kier molecular flexibility index (Phi) is 4.32. The fourth-order valence-electron chi connectivity index (χ4n) is 3.97. The summed E-state index contributed by atoms with van der Waals surface area (Å²) in [5.74, 6) is -1.95. The van der Waals surface area contributed by atoms with Gasteiger partial charge in [-0.15, -0.1) is 0 Å². The zero-order valence-electron chi connectivity index (χ0n) is 14.9. The van der Waals surface area contributed by atoms with Crippen molar-refractivity contribution in [3.63, 3.8) is 0 Å². The molecule has 2 fully saturated rings. The maximum atomic E-state index is 12.8. The highest BCUT2D eigenvalue weighted by molar-refractivity contribution is 6.23. The van der Waals surface area contributed by atoms with Crippen LogP contribution >= 0.6 is 0 Å². The van der Waals surface area contributed by atoms with E-state index in [4.69, 9.17) is 5.73 Å². The second-order valence-electron chi connectivity index (χ2n) is 7.52. The summed E-state index contributed by atoms with van der Waals surface area (Å²) in [6.07, 6.45) is 3.50. The first-order valence-electron chi connectivity index (χ1n) is 9.24. The van der Waals surface area contributed by atoms with Gasteiger partial charge in [0.2, 0.25) is 11.8 Å². The van der Waals surface area contributed by atoms with E-state index >= 15 is 0 Å². The van der Waals surface area contributed by atoms with Crippen LogP contribution in [0.15, 0.2) is 18.2 Å². The topological polar surface area (TPSA) is 122 Å². The highest BCUT2D eigenvalue weighted by Gasteiger charge is 2.44. The lowest BCUT2D eigenvalue weighted by Crippen LogP contribution is -2.55. The third-order valence-electron chi connectivity index (χ3n) is 5.87. The van der Waals surface area contributed by atoms with Gasteiger partial charge in [-0.2, -0.15) is 0 Å². The summed E-state index contributed by atoms with van der Waals surface area (Å²) >= 11 is 0. The van der Waals surface area contributed by atoms with E-state index in [-0.39, 0.29) is 24.3 Å². The minimum atomic E-state index is -0.938. The van der Waals surface area contributed by atoms with Crippen LogP contribution in [-0.2, 0) is 16.1 Å².